The van der Waals surface area contributed by atoms with Crippen LogP contribution in [-0.4, -0.2) is 17.6 Å². The fourth-order valence-electron chi connectivity index (χ4n) is 1.74. The van der Waals surface area contributed by atoms with Gasteiger partial charge >= 0.3 is 5.97 Å². The maximum atomic E-state index is 11.9. The molecule has 5 heteroatoms. The largest absolute Gasteiger partial charge is 0.447 e. The minimum Gasteiger partial charge on any atom is -0.447 e. The SMILES string of the molecule is NC(=O)[C@H](OC(=O)CSc1ccccc1)c1ccccc1. The van der Waals surface area contributed by atoms with Crippen LogP contribution >= 0.6 is 11.8 Å². The maximum Gasteiger partial charge on any atom is 0.317 e. The number of amides is 1. The van der Waals surface area contributed by atoms with E-state index in [1.165, 1.54) is 11.8 Å². The van der Waals surface area contributed by atoms with E-state index in [1.807, 2.05) is 36.4 Å². The molecular weight excluding hydrogens is 286 g/mol. The molecule has 2 rings (SSSR count). The summed E-state index contributed by atoms with van der Waals surface area (Å²) >= 11 is 1.35. The Kier molecular flexibility index (Phi) is 5.40. The molecule has 0 fully saturated rings. The molecule has 0 bridgehead atoms. The first-order valence-electron chi connectivity index (χ1n) is 6.38. The zero-order valence-corrected chi connectivity index (χ0v) is 12.1. The van der Waals surface area contributed by atoms with E-state index in [0.717, 1.165) is 4.90 Å². The molecule has 1 amide bonds. The zero-order valence-electron chi connectivity index (χ0n) is 11.3. The molecule has 0 aromatic heterocycles. The van der Waals surface area contributed by atoms with Crippen LogP contribution in [0.2, 0.25) is 0 Å². The summed E-state index contributed by atoms with van der Waals surface area (Å²) in [5, 5.41) is 0. The van der Waals surface area contributed by atoms with Gasteiger partial charge in [-0.15, -0.1) is 11.8 Å². The number of carbonyl (C=O) groups is 2. The summed E-state index contributed by atoms with van der Waals surface area (Å²) in [5.41, 5.74) is 5.87. The van der Waals surface area contributed by atoms with Gasteiger partial charge in [0.1, 0.15) is 0 Å². The van der Waals surface area contributed by atoms with Crippen molar-refractivity contribution in [2.45, 2.75) is 11.0 Å². The second-order valence-corrected chi connectivity index (χ2v) is 5.33. The average Bonchev–Trinajstić information content (AvgIpc) is 2.52. The van der Waals surface area contributed by atoms with Crippen LogP contribution in [0.5, 0.6) is 0 Å². The molecule has 4 nitrogen and oxygen atoms in total. The number of hydrogen-bond donors (Lipinski definition) is 1. The molecule has 2 aromatic rings. The van der Waals surface area contributed by atoms with Crippen LogP contribution < -0.4 is 5.73 Å². The van der Waals surface area contributed by atoms with Crippen molar-refractivity contribution in [1.82, 2.24) is 0 Å². The van der Waals surface area contributed by atoms with Crippen LogP contribution in [0.3, 0.4) is 0 Å². The Hall–Kier alpha value is -2.27. The highest BCUT2D eigenvalue weighted by atomic mass is 32.2. The lowest BCUT2D eigenvalue weighted by Gasteiger charge is -2.14. The first-order chi connectivity index (χ1) is 10.2. The number of ether oxygens (including phenoxy) is 1. The molecule has 2 aromatic carbocycles. The third kappa shape index (κ3) is 4.65. The van der Waals surface area contributed by atoms with Gasteiger partial charge in [0.2, 0.25) is 6.10 Å². The smallest absolute Gasteiger partial charge is 0.317 e. The summed E-state index contributed by atoms with van der Waals surface area (Å²) in [5.74, 6) is -1.03. The predicted molar refractivity (Wildman–Crippen MR) is 81.6 cm³/mol. The molecule has 0 heterocycles. The fraction of sp³-hybridized carbons (Fsp3) is 0.125. The lowest BCUT2D eigenvalue weighted by molar-refractivity contribution is -0.152. The highest BCUT2D eigenvalue weighted by Gasteiger charge is 2.22. The number of carbonyl (C=O) groups excluding carboxylic acids is 2. The van der Waals surface area contributed by atoms with Gasteiger partial charge in [-0.05, 0) is 12.1 Å². The van der Waals surface area contributed by atoms with Crippen molar-refractivity contribution < 1.29 is 14.3 Å². The molecule has 0 spiro atoms. The summed E-state index contributed by atoms with van der Waals surface area (Å²) in [4.78, 5) is 24.3. The number of primary amides is 1. The molecule has 21 heavy (non-hydrogen) atoms. The van der Waals surface area contributed by atoms with E-state index in [0.29, 0.717) is 5.56 Å². The van der Waals surface area contributed by atoms with E-state index < -0.39 is 18.0 Å². The molecule has 108 valence electrons. The van der Waals surface area contributed by atoms with E-state index in [4.69, 9.17) is 10.5 Å². The molecular formula is C16H15NO3S. The third-order valence-corrected chi connectivity index (χ3v) is 3.70. The molecule has 0 saturated carbocycles. The Morgan fingerprint density at radius 1 is 1.00 bits per heavy atom. The summed E-state index contributed by atoms with van der Waals surface area (Å²) in [7, 11) is 0. The Labute approximate surface area is 127 Å². The van der Waals surface area contributed by atoms with Crippen LogP contribution in [0.15, 0.2) is 65.6 Å². The van der Waals surface area contributed by atoms with Crippen LogP contribution in [-0.2, 0) is 14.3 Å². The minimum absolute atomic E-state index is 0.126. The normalized spacial score (nSPS) is 11.6. The van der Waals surface area contributed by atoms with Gasteiger partial charge in [0.25, 0.3) is 5.91 Å². The number of nitrogens with two attached hydrogens (primary N) is 1. The van der Waals surface area contributed by atoms with Crippen molar-refractivity contribution in [2.75, 3.05) is 5.75 Å². The number of esters is 1. The van der Waals surface area contributed by atoms with E-state index in [9.17, 15) is 9.59 Å². The summed E-state index contributed by atoms with van der Waals surface area (Å²) < 4.78 is 5.19. The summed E-state index contributed by atoms with van der Waals surface area (Å²) in [6, 6.07) is 18.2. The van der Waals surface area contributed by atoms with E-state index >= 15 is 0 Å². The van der Waals surface area contributed by atoms with Gasteiger partial charge in [-0.1, -0.05) is 48.5 Å². The number of hydrogen-bond acceptors (Lipinski definition) is 4. The second-order valence-electron chi connectivity index (χ2n) is 4.28. The Morgan fingerprint density at radius 2 is 1.57 bits per heavy atom. The molecule has 0 saturated heterocycles. The van der Waals surface area contributed by atoms with Gasteiger partial charge in [0.05, 0.1) is 5.75 Å². The first-order valence-corrected chi connectivity index (χ1v) is 7.37. The predicted octanol–water partition coefficient (Wildman–Crippen LogP) is 2.55. The van der Waals surface area contributed by atoms with Gasteiger partial charge in [0, 0.05) is 10.5 Å². The minimum atomic E-state index is -1.05. The van der Waals surface area contributed by atoms with Crippen LogP contribution in [0, 0.1) is 0 Å². The molecule has 1 atom stereocenters. The highest BCUT2D eigenvalue weighted by Crippen LogP contribution is 2.20. The first kappa shape index (κ1) is 15.1. The molecule has 0 radical (unpaired) electrons. The van der Waals surface area contributed by atoms with Gasteiger partial charge in [0.15, 0.2) is 0 Å². The lowest BCUT2D eigenvalue weighted by atomic mass is 10.1. The van der Waals surface area contributed by atoms with Crippen molar-refractivity contribution in [3.63, 3.8) is 0 Å². The van der Waals surface area contributed by atoms with Crippen molar-refractivity contribution in [2.24, 2.45) is 5.73 Å². The number of rotatable bonds is 6. The summed E-state index contributed by atoms with van der Waals surface area (Å²) in [6.07, 6.45) is -1.05. The van der Waals surface area contributed by atoms with Crippen LogP contribution in [0.25, 0.3) is 0 Å². The van der Waals surface area contributed by atoms with Gasteiger partial charge in [-0.3, -0.25) is 9.59 Å². The number of thioether (sulfide) groups is 1. The topological polar surface area (TPSA) is 69.4 Å². The monoisotopic (exact) mass is 301 g/mol. The van der Waals surface area contributed by atoms with Crippen molar-refractivity contribution in [3.8, 4) is 0 Å². The van der Waals surface area contributed by atoms with E-state index in [-0.39, 0.29) is 5.75 Å². The van der Waals surface area contributed by atoms with Gasteiger partial charge in [-0.25, -0.2) is 0 Å². The molecule has 2 N–H and O–H groups in total. The van der Waals surface area contributed by atoms with Crippen molar-refractivity contribution in [3.05, 3.63) is 66.2 Å². The van der Waals surface area contributed by atoms with Crippen molar-refractivity contribution >= 4 is 23.6 Å². The van der Waals surface area contributed by atoms with Gasteiger partial charge < -0.3 is 10.5 Å². The average molecular weight is 301 g/mol. The third-order valence-electron chi connectivity index (χ3n) is 2.71. The standard InChI is InChI=1S/C16H15NO3S/c17-16(19)15(12-7-3-1-4-8-12)20-14(18)11-21-13-9-5-2-6-10-13/h1-10,15H,11H2,(H2,17,19)/t15-/m1/s1. The van der Waals surface area contributed by atoms with Crippen LogP contribution in [0.1, 0.15) is 11.7 Å². The van der Waals surface area contributed by atoms with Crippen molar-refractivity contribution in [1.29, 1.82) is 0 Å². The quantitative estimate of drug-likeness (QED) is 0.657. The van der Waals surface area contributed by atoms with E-state index in [1.54, 1.807) is 24.3 Å². The van der Waals surface area contributed by atoms with E-state index in [2.05, 4.69) is 0 Å². The maximum absolute atomic E-state index is 11.9. The van der Waals surface area contributed by atoms with Gasteiger partial charge in [-0.2, -0.15) is 0 Å². The molecule has 0 aliphatic heterocycles. The Morgan fingerprint density at radius 3 is 2.14 bits per heavy atom. The highest BCUT2D eigenvalue weighted by molar-refractivity contribution is 8.00. The zero-order chi connectivity index (χ0) is 15.1. The summed E-state index contributed by atoms with van der Waals surface area (Å²) in [6.45, 7) is 0. The fourth-order valence-corrected chi connectivity index (χ4v) is 2.44. The molecule has 0 aliphatic rings. The second kappa shape index (κ2) is 7.50. The van der Waals surface area contributed by atoms with Crippen LogP contribution in [0.4, 0.5) is 0 Å². The Bertz CT molecular complexity index is 601. The Balaban J connectivity index is 1.95. The molecule has 0 aliphatic carbocycles. The molecule has 0 unspecified atom stereocenters. The lowest BCUT2D eigenvalue weighted by Crippen LogP contribution is -2.26. The number of benzene rings is 2.